The zero-order valence-corrected chi connectivity index (χ0v) is 10.7. The average molecular weight is 234 g/mol. The van der Waals surface area contributed by atoms with Gasteiger partial charge in [0.15, 0.2) is 0 Å². The molecule has 1 aromatic rings. The summed E-state index contributed by atoms with van der Waals surface area (Å²) in [5.74, 6) is 0. The molecule has 1 aromatic carbocycles. The van der Waals surface area contributed by atoms with Crippen LogP contribution >= 0.6 is 0 Å². The van der Waals surface area contributed by atoms with Gasteiger partial charge in [-0.05, 0) is 50.5 Å². The third kappa shape index (κ3) is 3.90. The zero-order valence-electron chi connectivity index (χ0n) is 10.7. The van der Waals surface area contributed by atoms with Crippen LogP contribution in [0.1, 0.15) is 30.5 Å². The second-order valence-electron chi connectivity index (χ2n) is 3.83. The molecular weight excluding hydrogens is 216 g/mol. The van der Waals surface area contributed by atoms with Gasteiger partial charge in [0.05, 0.1) is 12.3 Å². The Labute approximate surface area is 102 Å². The van der Waals surface area contributed by atoms with Crippen molar-refractivity contribution in [2.24, 2.45) is 5.10 Å². The largest absolute Gasteiger partial charge is 0.449 e. The Kier molecular flexibility index (Phi) is 4.69. The van der Waals surface area contributed by atoms with Gasteiger partial charge in [0.2, 0.25) is 0 Å². The molecular formula is C13H18N2O2. The maximum absolute atomic E-state index is 11.1. The molecule has 0 spiro atoms. The lowest BCUT2D eigenvalue weighted by Crippen LogP contribution is -2.20. The van der Waals surface area contributed by atoms with Crippen LogP contribution in [0.4, 0.5) is 4.79 Å². The molecule has 4 heteroatoms. The van der Waals surface area contributed by atoms with E-state index in [1.54, 1.807) is 6.92 Å². The minimum Gasteiger partial charge on any atom is -0.449 e. The lowest BCUT2D eigenvalue weighted by atomic mass is 10.0. The number of amides is 1. The molecule has 0 atom stereocenters. The molecule has 0 unspecified atom stereocenters. The number of hydrazone groups is 1. The molecule has 0 aliphatic rings. The van der Waals surface area contributed by atoms with E-state index in [0.29, 0.717) is 6.61 Å². The van der Waals surface area contributed by atoms with Gasteiger partial charge in [-0.1, -0.05) is 12.1 Å². The van der Waals surface area contributed by atoms with Crippen LogP contribution in [0, 0.1) is 13.8 Å². The molecule has 0 bridgehead atoms. The smallest absolute Gasteiger partial charge is 0.427 e. The summed E-state index contributed by atoms with van der Waals surface area (Å²) in [6, 6.07) is 6.06. The van der Waals surface area contributed by atoms with E-state index in [1.165, 1.54) is 11.1 Å². The van der Waals surface area contributed by atoms with E-state index in [2.05, 4.69) is 17.5 Å². The Morgan fingerprint density at radius 3 is 2.65 bits per heavy atom. The van der Waals surface area contributed by atoms with E-state index in [1.807, 2.05) is 32.0 Å². The molecule has 17 heavy (non-hydrogen) atoms. The SMILES string of the molecule is CCOC(=O)N/N=C(\C)c1ccc(C)c(C)c1. The van der Waals surface area contributed by atoms with E-state index >= 15 is 0 Å². The lowest BCUT2D eigenvalue weighted by molar-refractivity contribution is 0.152. The normalized spacial score (nSPS) is 11.2. The topological polar surface area (TPSA) is 50.7 Å². The molecule has 1 rings (SSSR count). The van der Waals surface area contributed by atoms with E-state index < -0.39 is 6.09 Å². The first-order valence-electron chi connectivity index (χ1n) is 5.59. The number of rotatable bonds is 3. The van der Waals surface area contributed by atoms with E-state index in [9.17, 15) is 4.79 Å². The first-order chi connectivity index (χ1) is 8.04. The molecule has 0 aliphatic carbocycles. The summed E-state index contributed by atoms with van der Waals surface area (Å²) in [6.45, 7) is 8.03. The van der Waals surface area contributed by atoms with Gasteiger partial charge in [0.25, 0.3) is 0 Å². The summed E-state index contributed by atoms with van der Waals surface area (Å²) in [5, 5.41) is 3.98. The monoisotopic (exact) mass is 234 g/mol. The molecule has 0 saturated heterocycles. The number of nitrogens with one attached hydrogen (secondary N) is 1. The Morgan fingerprint density at radius 2 is 2.06 bits per heavy atom. The first-order valence-corrected chi connectivity index (χ1v) is 5.59. The third-order valence-electron chi connectivity index (χ3n) is 2.52. The van der Waals surface area contributed by atoms with Crippen LogP contribution in [-0.4, -0.2) is 18.4 Å². The lowest BCUT2D eigenvalue weighted by Gasteiger charge is -2.05. The van der Waals surface area contributed by atoms with Gasteiger partial charge < -0.3 is 4.74 Å². The number of carbonyl (C=O) groups is 1. The molecule has 0 aromatic heterocycles. The van der Waals surface area contributed by atoms with Crippen molar-refractivity contribution < 1.29 is 9.53 Å². The van der Waals surface area contributed by atoms with E-state index in [-0.39, 0.29) is 0 Å². The van der Waals surface area contributed by atoms with Gasteiger partial charge in [-0.25, -0.2) is 10.2 Å². The second-order valence-corrected chi connectivity index (χ2v) is 3.83. The van der Waals surface area contributed by atoms with E-state index in [4.69, 9.17) is 4.74 Å². The molecule has 4 nitrogen and oxygen atoms in total. The molecule has 0 aliphatic heterocycles. The van der Waals surface area contributed by atoms with Crippen molar-refractivity contribution in [2.75, 3.05) is 6.61 Å². The van der Waals surface area contributed by atoms with Crippen LogP contribution in [0.15, 0.2) is 23.3 Å². The van der Waals surface area contributed by atoms with Crippen molar-refractivity contribution in [3.8, 4) is 0 Å². The van der Waals surface area contributed by atoms with Gasteiger partial charge in [-0.3, -0.25) is 0 Å². The summed E-state index contributed by atoms with van der Waals surface area (Å²) in [7, 11) is 0. The van der Waals surface area contributed by atoms with Crippen molar-refractivity contribution in [1.29, 1.82) is 0 Å². The maximum atomic E-state index is 11.1. The number of carbonyl (C=O) groups excluding carboxylic acids is 1. The summed E-state index contributed by atoms with van der Waals surface area (Å²) in [6.07, 6.45) is -0.532. The predicted molar refractivity (Wildman–Crippen MR) is 68.3 cm³/mol. The van der Waals surface area contributed by atoms with Gasteiger partial charge in [-0.15, -0.1) is 0 Å². The number of aryl methyl sites for hydroxylation is 2. The highest BCUT2D eigenvalue weighted by molar-refractivity contribution is 5.99. The Bertz CT molecular complexity index is 439. The van der Waals surface area contributed by atoms with Crippen molar-refractivity contribution in [2.45, 2.75) is 27.7 Å². The van der Waals surface area contributed by atoms with Crippen LogP contribution in [-0.2, 0) is 4.74 Å². The fourth-order valence-electron chi connectivity index (χ4n) is 1.32. The molecule has 1 amide bonds. The van der Waals surface area contributed by atoms with Gasteiger partial charge >= 0.3 is 6.09 Å². The molecule has 0 radical (unpaired) electrons. The predicted octanol–water partition coefficient (Wildman–Crippen LogP) is 2.77. The molecule has 1 N–H and O–H groups in total. The highest BCUT2D eigenvalue weighted by Gasteiger charge is 2.02. The Balaban J connectivity index is 2.74. The van der Waals surface area contributed by atoms with E-state index in [0.717, 1.165) is 11.3 Å². The van der Waals surface area contributed by atoms with Gasteiger partial charge in [-0.2, -0.15) is 5.10 Å². The van der Waals surface area contributed by atoms with Crippen LogP contribution < -0.4 is 5.43 Å². The minimum atomic E-state index is -0.532. The number of hydrogen-bond donors (Lipinski definition) is 1. The number of nitrogens with zero attached hydrogens (tertiary/aromatic N) is 1. The van der Waals surface area contributed by atoms with Crippen LogP contribution in [0.3, 0.4) is 0 Å². The summed E-state index contributed by atoms with van der Waals surface area (Å²) >= 11 is 0. The Morgan fingerprint density at radius 1 is 1.35 bits per heavy atom. The standard InChI is InChI=1S/C13H18N2O2/c1-5-17-13(16)15-14-11(4)12-7-6-9(2)10(3)8-12/h6-8H,5H2,1-4H3,(H,15,16)/b14-11+. The maximum Gasteiger partial charge on any atom is 0.427 e. The van der Waals surface area contributed by atoms with Crippen LogP contribution in [0.25, 0.3) is 0 Å². The van der Waals surface area contributed by atoms with Crippen LogP contribution in [0.5, 0.6) is 0 Å². The quantitative estimate of drug-likeness (QED) is 0.645. The van der Waals surface area contributed by atoms with Gasteiger partial charge in [0.1, 0.15) is 0 Å². The average Bonchev–Trinajstić information content (AvgIpc) is 2.30. The van der Waals surface area contributed by atoms with Crippen molar-refractivity contribution in [3.63, 3.8) is 0 Å². The first kappa shape index (κ1) is 13.2. The fraction of sp³-hybridized carbons (Fsp3) is 0.385. The summed E-state index contributed by atoms with van der Waals surface area (Å²) in [5.41, 5.74) is 6.52. The van der Waals surface area contributed by atoms with Crippen molar-refractivity contribution >= 4 is 11.8 Å². The fourth-order valence-corrected chi connectivity index (χ4v) is 1.32. The zero-order chi connectivity index (χ0) is 12.8. The van der Waals surface area contributed by atoms with Crippen LogP contribution in [0.2, 0.25) is 0 Å². The molecule has 0 fully saturated rings. The number of benzene rings is 1. The number of hydrogen-bond acceptors (Lipinski definition) is 3. The Hall–Kier alpha value is -1.84. The third-order valence-corrected chi connectivity index (χ3v) is 2.52. The summed E-state index contributed by atoms with van der Waals surface area (Å²) in [4.78, 5) is 11.1. The minimum absolute atomic E-state index is 0.337. The molecule has 0 heterocycles. The highest BCUT2D eigenvalue weighted by atomic mass is 16.5. The molecule has 92 valence electrons. The van der Waals surface area contributed by atoms with Crippen molar-refractivity contribution in [1.82, 2.24) is 5.43 Å². The second kappa shape index (κ2) is 6.03. The van der Waals surface area contributed by atoms with Crippen molar-refractivity contribution in [3.05, 3.63) is 34.9 Å². The highest BCUT2D eigenvalue weighted by Crippen LogP contribution is 2.10. The molecule has 0 saturated carbocycles. The number of ether oxygens (including phenoxy) is 1. The van der Waals surface area contributed by atoms with Gasteiger partial charge in [0, 0.05) is 0 Å². The summed E-state index contributed by atoms with van der Waals surface area (Å²) < 4.78 is 4.71.